The van der Waals surface area contributed by atoms with E-state index in [1.54, 1.807) is 6.07 Å². The lowest BCUT2D eigenvalue weighted by Gasteiger charge is -2.34. The van der Waals surface area contributed by atoms with Crippen LogP contribution in [0.5, 0.6) is 0 Å². The molecule has 1 unspecified atom stereocenters. The Balaban J connectivity index is 1.91. The Labute approximate surface area is 126 Å². The number of nitrogens with two attached hydrogens (primary N) is 1. The van der Waals surface area contributed by atoms with Crippen LogP contribution in [0.15, 0.2) is 12.4 Å². The highest BCUT2D eigenvalue weighted by molar-refractivity contribution is 5.81. The van der Waals surface area contributed by atoms with E-state index in [0.29, 0.717) is 18.3 Å². The molecule has 0 spiro atoms. The van der Waals surface area contributed by atoms with E-state index in [1.807, 2.05) is 20.8 Å². The molecule has 6 heteroatoms. The minimum atomic E-state index is -0.338. The highest BCUT2D eigenvalue weighted by atomic mass is 16.2. The number of rotatable bonds is 3. The van der Waals surface area contributed by atoms with Crippen LogP contribution in [-0.2, 0) is 4.79 Å². The van der Waals surface area contributed by atoms with Crippen molar-refractivity contribution in [1.82, 2.24) is 15.3 Å². The SMILES string of the molecule is CC(C)(C)C(=O)NCC1CCCN(c2cc(N)ncn2)C1. The number of hydrogen-bond donors (Lipinski definition) is 2. The maximum atomic E-state index is 11.9. The molecular formula is C15H25N5O. The number of nitrogen functional groups attached to an aromatic ring is 1. The van der Waals surface area contributed by atoms with E-state index in [2.05, 4.69) is 20.2 Å². The van der Waals surface area contributed by atoms with Crippen molar-refractivity contribution in [3.05, 3.63) is 12.4 Å². The van der Waals surface area contributed by atoms with Gasteiger partial charge in [0.2, 0.25) is 5.91 Å². The third kappa shape index (κ3) is 4.31. The second-order valence-electron chi connectivity index (χ2n) is 6.72. The van der Waals surface area contributed by atoms with Crippen molar-refractivity contribution in [2.45, 2.75) is 33.6 Å². The standard InChI is InChI=1S/C15H25N5O/c1-15(2,3)14(21)17-8-11-5-4-6-20(9-11)13-7-12(16)18-10-19-13/h7,10-11H,4-6,8-9H2,1-3H3,(H,17,21)(H2,16,18,19). The first-order valence-corrected chi connectivity index (χ1v) is 7.47. The molecule has 1 atom stereocenters. The van der Waals surface area contributed by atoms with Gasteiger partial charge in [0.15, 0.2) is 0 Å². The third-order valence-electron chi connectivity index (χ3n) is 3.75. The Morgan fingerprint density at radius 2 is 2.24 bits per heavy atom. The topological polar surface area (TPSA) is 84.1 Å². The van der Waals surface area contributed by atoms with Crippen molar-refractivity contribution in [1.29, 1.82) is 0 Å². The largest absolute Gasteiger partial charge is 0.384 e. The van der Waals surface area contributed by atoms with E-state index in [9.17, 15) is 4.79 Å². The summed E-state index contributed by atoms with van der Waals surface area (Å²) in [5.74, 6) is 1.91. The van der Waals surface area contributed by atoms with Crippen molar-refractivity contribution in [3.8, 4) is 0 Å². The molecule has 0 aromatic carbocycles. The minimum absolute atomic E-state index is 0.103. The summed E-state index contributed by atoms with van der Waals surface area (Å²) >= 11 is 0. The predicted octanol–water partition coefficient (Wildman–Crippen LogP) is 1.44. The van der Waals surface area contributed by atoms with E-state index in [-0.39, 0.29) is 11.3 Å². The minimum Gasteiger partial charge on any atom is -0.384 e. The first-order chi connectivity index (χ1) is 9.86. The molecule has 0 radical (unpaired) electrons. The maximum Gasteiger partial charge on any atom is 0.225 e. The number of carbonyl (C=O) groups excluding carboxylic acids is 1. The normalized spacial score (nSPS) is 19.4. The Kier molecular flexibility index (Phi) is 4.65. The van der Waals surface area contributed by atoms with Crippen molar-refractivity contribution < 1.29 is 4.79 Å². The highest BCUT2D eigenvalue weighted by Crippen LogP contribution is 2.22. The van der Waals surface area contributed by atoms with Gasteiger partial charge in [-0.1, -0.05) is 20.8 Å². The van der Waals surface area contributed by atoms with Gasteiger partial charge in [0.25, 0.3) is 0 Å². The summed E-state index contributed by atoms with van der Waals surface area (Å²) in [6, 6.07) is 1.80. The molecule has 1 amide bonds. The Morgan fingerprint density at radius 1 is 1.48 bits per heavy atom. The van der Waals surface area contributed by atoms with Gasteiger partial charge in [-0.25, -0.2) is 9.97 Å². The molecule has 0 aliphatic carbocycles. The summed E-state index contributed by atoms with van der Waals surface area (Å²) < 4.78 is 0. The molecular weight excluding hydrogens is 266 g/mol. The van der Waals surface area contributed by atoms with Crippen LogP contribution in [-0.4, -0.2) is 35.5 Å². The monoisotopic (exact) mass is 291 g/mol. The average Bonchev–Trinajstić information content (AvgIpc) is 2.44. The van der Waals surface area contributed by atoms with Crippen LogP contribution in [0.25, 0.3) is 0 Å². The fraction of sp³-hybridized carbons (Fsp3) is 0.667. The second-order valence-corrected chi connectivity index (χ2v) is 6.72. The molecule has 6 nitrogen and oxygen atoms in total. The van der Waals surface area contributed by atoms with Gasteiger partial charge in [0.1, 0.15) is 18.0 Å². The van der Waals surface area contributed by atoms with Crippen LogP contribution in [0.1, 0.15) is 33.6 Å². The fourth-order valence-corrected chi connectivity index (χ4v) is 2.48. The van der Waals surface area contributed by atoms with Gasteiger partial charge in [-0.05, 0) is 18.8 Å². The van der Waals surface area contributed by atoms with Gasteiger partial charge >= 0.3 is 0 Å². The molecule has 1 saturated heterocycles. The molecule has 1 aromatic rings. The second kappa shape index (κ2) is 6.28. The average molecular weight is 291 g/mol. The van der Waals surface area contributed by atoms with Crippen LogP contribution >= 0.6 is 0 Å². The third-order valence-corrected chi connectivity index (χ3v) is 3.75. The van der Waals surface area contributed by atoms with Gasteiger partial charge < -0.3 is 16.0 Å². The zero-order valence-electron chi connectivity index (χ0n) is 13.1. The van der Waals surface area contributed by atoms with Gasteiger partial charge in [-0.3, -0.25) is 4.79 Å². The Bertz CT molecular complexity index is 497. The van der Waals surface area contributed by atoms with Crippen molar-refractivity contribution in [3.63, 3.8) is 0 Å². The summed E-state index contributed by atoms with van der Waals surface area (Å²) in [6.07, 6.45) is 3.72. The number of anilines is 2. The molecule has 3 N–H and O–H groups in total. The highest BCUT2D eigenvalue weighted by Gasteiger charge is 2.25. The number of piperidine rings is 1. The van der Waals surface area contributed by atoms with E-state index < -0.39 is 0 Å². The predicted molar refractivity (Wildman–Crippen MR) is 83.8 cm³/mol. The summed E-state index contributed by atoms with van der Waals surface area (Å²) in [5.41, 5.74) is 5.37. The molecule has 116 valence electrons. The van der Waals surface area contributed by atoms with E-state index >= 15 is 0 Å². The number of nitrogens with zero attached hydrogens (tertiary/aromatic N) is 3. The summed E-state index contributed by atoms with van der Waals surface area (Å²) in [7, 11) is 0. The Morgan fingerprint density at radius 3 is 2.90 bits per heavy atom. The Hall–Kier alpha value is -1.85. The quantitative estimate of drug-likeness (QED) is 0.880. The molecule has 1 aliphatic rings. The molecule has 2 rings (SSSR count). The lowest BCUT2D eigenvalue weighted by molar-refractivity contribution is -0.128. The molecule has 0 saturated carbocycles. The lowest BCUT2D eigenvalue weighted by atomic mass is 9.94. The number of carbonyl (C=O) groups is 1. The molecule has 1 aliphatic heterocycles. The summed E-state index contributed by atoms with van der Waals surface area (Å²) in [5, 5.41) is 3.05. The fourth-order valence-electron chi connectivity index (χ4n) is 2.48. The number of nitrogens with one attached hydrogen (secondary N) is 1. The smallest absolute Gasteiger partial charge is 0.225 e. The zero-order chi connectivity index (χ0) is 15.5. The zero-order valence-corrected chi connectivity index (χ0v) is 13.1. The molecule has 0 bridgehead atoms. The van der Waals surface area contributed by atoms with Crippen LogP contribution in [0.2, 0.25) is 0 Å². The molecule has 1 aromatic heterocycles. The van der Waals surface area contributed by atoms with Crippen LogP contribution in [0.4, 0.5) is 11.6 Å². The van der Waals surface area contributed by atoms with Gasteiger partial charge in [-0.15, -0.1) is 0 Å². The van der Waals surface area contributed by atoms with Gasteiger partial charge in [0, 0.05) is 31.1 Å². The van der Waals surface area contributed by atoms with Crippen molar-refractivity contribution in [2.24, 2.45) is 11.3 Å². The number of aromatic nitrogens is 2. The summed E-state index contributed by atoms with van der Waals surface area (Å²) in [4.78, 5) is 22.4. The first kappa shape index (κ1) is 15.5. The van der Waals surface area contributed by atoms with E-state index in [0.717, 1.165) is 31.7 Å². The molecule has 1 fully saturated rings. The van der Waals surface area contributed by atoms with Crippen LogP contribution in [0, 0.1) is 11.3 Å². The van der Waals surface area contributed by atoms with E-state index in [1.165, 1.54) is 6.33 Å². The van der Waals surface area contributed by atoms with E-state index in [4.69, 9.17) is 5.73 Å². The number of hydrogen-bond acceptors (Lipinski definition) is 5. The van der Waals surface area contributed by atoms with Gasteiger partial charge in [0.05, 0.1) is 0 Å². The first-order valence-electron chi connectivity index (χ1n) is 7.47. The summed E-state index contributed by atoms with van der Waals surface area (Å²) in [6.45, 7) is 8.37. The molecule has 2 heterocycles. The van der Waals surface area contributed by atoms with Gasteiger partial charge in [-0.2, -0.15) is 0 Å². The van der Waals surface area contributed by atoms with Crippen LogP contribution in [0.3, 0.4) is 0 Å². The maximum absolute atomic E-state index is 11.9. The van der Waals surface area contributed by atoms with Crippen LogP contribution < -0.4 is 16.0 Å². The van der Waals surface area contributed by atoms with Crippen molar-refractivity contribution >= 4 is 17.5 Å². The lowest BCUT2D eigenvalue weighted by Crippen LogP contribution is -2.43. The molecule has 21 heavy (non-hydrogen) atoms. The number of amides is 1. The van der Waals surface area contributed by atoms with Crippen molar-refractivity contribution in [2.75, 3.05) is 30.3 Å².